The highest BCUT2D eigenvalue weighted by molar-refractivity contribution is 6.22. The normalized spacial score (nSPS) is 13.1. The van der Waals surface area contributed by atoms with Crippen LogP contribution in [0.25, 0.3) is 49.4 Å². The highest BCUT2D eigenvalue weighted by atomic mass is 15.0. The van der Waals surface area contributed by atoms with Crippen molar-refractivity contribution in [2.45, 2.75) is 5.41 Å². The summed E-state index contributed by atoms with van der Waals surface area (Å²) in [5, 5.41) is 8.92. The molecular formula is C47H32N2. The molecule has 0 fully saturated rings. The van der Waals surface area contributed by atoms with Crippen molar-refractivity contribution in [3.8, 4) is 16.8 Å². The summed E-state index contributed by atoms with van der Waals surface area (Å²) in [5.74, 6) is 0. The molecule has 8 aromatic carbocycles. The van der Waals surface area contributed by atoms with Crippen LogP contribution in [0.3, 0.4) is 0 Å². The van der Waals surface area contributed by atoms with Crippen LogP contribution in [0.5, 0.6) is 0 Å². The lowest BCUT2D eigenvalue weighted by Gasteiger charge is -2.35. The fourth-order valence-electron chi connectivity index (χ4n) is 8.52. The molecule has 0 bridgehead atoms. The quantitative estimate of drug-likeness (QED) is 0.202. The lowest BCUT2D eigenvalue weighted by Crippen LogP contribution is -2.29. The molecule has 0 atom stereocenters. The summed E-state index contributed by atoms with van der Waals surface area (Å²) in [5.41, 5.74) is 13.0. The van der Waals surface area contributed by atoms with E-state index < -0.39 is 5.41 Å². The molecule has 1 aliphatic rings. The van der Waals surface area contributed by atoms with Crippen LogP contribution in [-0.2, 0) is 5.41 Å². The van der Waals surface area contributed by atoms with Crippen LogP contribution in [-0.4, -0.2) is 4.57 Å². The second-order valence-electron chi connectivity index (χ2n) is 12.9. The van der Waals surface area contributed by atoms with E-state index in [0.29, 0.717) is 0 Å². The van der Waals surface area contributed by atoms with Crippen LogP contribution in [0, 0.1) is 0 Å². The van der Waals surface area contributed by atoms with Gasteiger partial charge in [0, 0.05) is 38.6 Å². The first-order valence-corrected chi connectivity index (χ1v) is 17.0. The zero-order valence-electron chi connectivity index (χ0n) is 26.8. The summed E-state index contributed by atoms with van der Waals surface area (Å²) in [6.07, 6.45) is 0. The fourth-order valence-corrected chi connectivity index (χ4v) is 8.52. The van der Waals surface area contributed by atoms with Gasteiger partial charge in [-0.2, -0.15) is 0 Å². The molecule has 0 amide bonds. The lowest BCUT2D eigenvalue weighted by atomic mass is 9.67. The van der Waals surface area contributed by atoms with Gasteiger partial charge in [-0.1, -0.05) is 158 Å². The molecule has 230 valence electrons. The van der Waals surface area contributed by atoms with E-state index in [1.54, 1.807) is 0 Å². The second kappa shape index (κ2) is 10.8. The van der Waals surface area contributed by atoms with Gasteiger partial charge in [0.25, 0.3) is 0 Å². The lowest BCUT2D eigenvalue weighted by molar-refractivity contribution is 0.771. The summed E-state index contributed by atoms with van der Waals surface area (Å²) in [6.45, 7) is 0. The number of fused-ring (bicyclic) bond motifs is 8. The molecule has 49 heavy (non-hydrogen) atoms. The molecule has 0 radical (unpaired) electrons. The number of nitrogens with one attached hydrogen (secondary N) is 1. The van der Waals surface area contributed by atoms with Crippen LogP contribution in [0.1, 0.15) is 22.3 Å². The van der Waals surface area contributed by atoms with Crippen molar-refractivity contribution >= 4 is 44.0 Å². The number of anilines is 2. The van der Waals surface area contributed by atoms with Gasteiger partial charge < -0.3 is 9.88 Å². The van der Waals surface area contributed by atoms with Gasteiger partial charge in [-0.15, -0.1) is 0 Å². The molecule has 1 aliphatic carbocycles. The van der Waals surface area contributed by atoms with E-state index in [1.807, 2.05) is 0 Å². The molecule has 0 unspecified atom stereocenters. The first kappa shape index (κ1) is 27.7. The Morgan fingerprint density at radius 3 is 1.63 bits per heavy atom. The SMILES string of the molecule is c1ccc(-n2c3ccccc3c3cc(Nc4ccccc4C4(c5ccccc5)c5ccccc5-c5ccccc54)c4ccccc4c32)cc1. The largest absolute Gasteiger partial charge is 0.355 e. The van der Waals surface area contributed by atoms with Crippen LogP contribution in [0.15, 0.2) is 188 Å². The predicted octanol–water partition coefficient (Wildman–Crippen LogP) is 12.0. The second-order valence-corrected chi connectivity index (χ2v) is 12.9. The molecule has 10 rings (SSSR count). The molecule has 0 spiro atoms. The molecule has 0 aliphatic heterocycles. The molecule has 2 heteroatoms. The summed E-state index contributed by atoms with van der Waals surface area (Å²) < 4.78 is 2.42. The van der Waals surface area contributed by atoms with Crippen LogP contribution in [0.4, 0.5) is 11.4 Å². The number of benzene rings is 8. The topological polar surface area (TPSA) is 17.0 Å². The Morgan fingerprint density at radius 2 is 0.918 bits per heavy atom. The van der Waals surface area contributed by atoms with Gasteiger partial charge in [-0.05, 0) is 63.7 Å². The molecule has 2 nitrogen and oxygen atoms in total. The van der Waals surface area contributed by atoms with E-state index in [0.717, 1.165) is 17.1 Å². The zero-order chi connectivity index (χ0) is 32.4. The third kappa shape index (κ3) is 3.95. The van der Waals surface area contributed by atoms with Gasteiger partial charge in [0.15, 0.2) is 0 Å². The number of hydrogen-bond donors (Lipinski definition) is 1. The number of para-hydroxylation sites is 3. The maximum Gasteiger partial charge on any atom is 0.0733 e. The number of nitrogens with zero attached hydrogens (tertiary/aromatic N) is 1. The van der Waals surface area contributed by atoms with E-state index >= 15 is 0 Å². The molecule has 1 heterocycles. The minimum absolute atomic E-state index is 0.499. The van der Waals surface area contributed by atoms with Crippen molar-refractivity contribution in [1.29, 1.82) is 0 Å². The molecule has 9 aromatic rings. The first-order chi connectivity index (χ1) is 24.3. The minimum atomic E-state index is -0.499. The third-order valence-corrected chi connectivity index (χ3v) is 10.4. The first-order valence-electron chi connectivity index (χ1n) is 17.0. The van der Waals surface area contributed by atoms with E-state index in [2.05, 4.69) is 198 Å². The molecule has 1 aromatic heterocycles. The number of rotatable bonds is 5. The zero-order valence-corrected chi connectivity index (χ0v) is 26.8. The van der Waals surface area contributed by atoms with Gasteiger partial charge in [-0.25, -0.2) is 0 Å². The van der Waals surface area contributed by atoms with Gasteiger partial charge in [0.05, 0.1) is 16.4 Å². The van der Waals surface area contributed by atoms with E-state index in [1.165, 1.54) is 66.0 Å². The van der Waals surface area contributed by atoms with E-state index in [4.69, 9.17) is 0 Å². The Bertz CT molecular complexity index is 2640. The van der Waals surface area contributed by atoms with Gasteiger partial charge in [0.1, 0.15) is 0 Å². The maximum absolute atomic E-state index is 4.05. The highest BCUT2D eigenvalue weighted by Crippen LogP contribution is 2.57. The monoisotopic (exact) mass is 624 g/mol. The fraction of sp³-hybridized carbons (Fsp3) is 0.0213. The van der Waals surface area contributed by atoms with Crippen molar-refractivity contribution < 1.29 is 0 Å². The van der Waals surface area contributed by atoms with Crippen molar-refractivity contribution in [3.05, 3.63) is 210 Å². The number of aromatic nitrogens is 1. The Labute approximate surface area is 285 Å². The van der Waals surface area contributed by atoms with Gasteiger partial charge in [-0.3, -0.25) is 0 Å². The Balaban J connectivity index is 1.26. The Kier molecular flexibility index (Phi) is 6.13. The van der Waals surface area contributed by atoms with Crippen molar-refractivity contribution in [2.75, 3.05) is 5.32 Å². The summed E-state index contributed by atoms with van der Waals surface area (Å²) in [7, 11) is 0. The molecule has 1 N–H and O–H groups in total. The highest BCUT2D eigenvalue weighted by Gasteiger charge is 2.47. The third-order valence-electron chi connectivity index (χ3n) is 10.4. The van der Waals surface area contributed by atoms with Crippen molar-refractivity contribution in [2.24, 2.45) is 0 Å². The van der Waals surface area contributed by atoms with Gasteiger partial charge in [0.2, 0.25) is 0 Å². The maximum atomic E-state index is 4.05. The average molecular weight is 625 g/mol. The number of hydrogen-bond acceptors (Lipinski definition) is 1. The summed E-state index contributed by atoms with van der Waals surface area (Å²) in [4.78, 5) is 0. The summed E-state index contributed by atoms with van der Waals surface area (Å²) >= 11 is 0. The van der Waals surface area contributed by atoms with Crippen LogP contribution >= 0.6 is 0 Å². The average Bonchev–Trinajstić information content (AvgIpc) is 3.67. The molecule has 0 saturated heterocycles. The Morgan fingerprint density at radius 1 is 0.388 bits per heavy atom. The summed E-state index contributed by atoms with van der Waals surface area (Å²) in [6, 6.07) is 68.5. The molecule has 0 saturated carbocycles. The van der Waals surface area contributed by atoms with E-state index in [9.17, 15) is 0 Å². The minimum Gasteiger partial charge on any atom is -0.355 e. The van der Waals surface area contributed by atoms with Gasteiger partial charge >= 0.3 is 0 Å². The smallest absolute Gasteiger partial charge is 0.0733 e. The molecular weight excluding hydrogens is 593 g/mol. The van der Waals surface area contributed by atoms with Crippen molar-refractivity contribution in [1.82, 2.24) is 4.57 Å². The Hall–Kier alpha value is -6.38. The standard InChI is InChI=1S/C47H32N2/c1-3-17-32(18-4-1)47(40-26-12-9-21-34(40)35-22-10-13-27-41(35)47)42-28-14-15-29-43(42)48-44-31-39-37-24-11-16-30-45(37)49(33-19-5-2-6-20-33)46(39)38-25-8-7-23-36(38)44/h1-31,48H. The van der Waals surface area contributed by atoms with Crippen molar-refractivity contribution in [3.63, 3.8) is 0 Å². The van der Waals surface area contributed by atoms with Crippen LogP contribution in [0.2, 0.25) is 0 Å². The van der Waals surface area contributed by atoms with Crippen LogP contribution < -0.4 is 5.32 Å². The predicted molar refractivity (Wildman–Crippen MR) is 205 cm³/mol. The van der Waals surface area contributed by atoms with E-state index in [-0.39, 0.29) is 0 Å².